The summed E-state index contributed by atoms with van der Waals surface area (Å²) in [6.45, 7) is 0.660. The zero-order chi connectivity index (χ0) is 12.1. The number of ether oxygens (including phenoxy) is 1. The summed E-state index contributed by atoms with van der Waals surface area (Å²) in [6, 6.07) is 5.86. The van der Waals surface area contributed by atoms with Gasteiger partial charge < -0.3 is 15.2 Å². The maximum Gasteiger partial charge on any atom is 0.227 e. The van der Waals surface area contributed by atoms with E-state index in [2.05, 4.69) is 5.32 Å². The van der Waals surface area contributed by atoms with Crippen molar-refractivity contribution in [1.82, 2.24) is 0 Å². The normalized spacial score (nSPS) is 14.5. The molecule has 17 heavy (non-hydrogen) atoms. The molecule has 0 spiro atoms. The maximum absolute atomic E-state index is 11.4. The molecule has 4 nitrogen and oxygen atoms in total. The maximum atomic E-state index is 11.4. The van der Waals surface area contributed by atoms with E-state index in [1.807, 2.05) is 18.2 Å². The topological polar surface area (TPSA) is 58.6 Å². The van der Waals surface area contributed by atoms with Crippen LogP contribution in [0.25, 0.3) is 0 Å². The second-order valence-corrected chi connectivity index (χ2v) is 4.16. The van der Waals surface area contributed by atoms with Gasteiger partial charge in [0.15, 0.2) is 0 Å². The van der Waals surface area contributed by atoms with Gasteiger partial charge in [-0.15, -0.1) is 0 Å². The molecule has 1 amide bonds. The number of carbonyl (C=O) groups is 1. The number of fused-ring (bicyclic) bond motifs is 1. The molecule has 1 aromatic carbocycles. The largest absolute Gasteiger partial charge is 0.491 e. The van der Waals surface area contributed by atoms with Crippen molar-refractivity contribution < 1.29 is 14.6 Å². The molecule has 92 valence electrons. The Bertz CT molecular complexity index is 404. The van der Waals surface area contributed by atoms with Crippen molar-refractivity contribution in [3.05, 3.63) is 23.8 Å². The number of rotatable bonds is 4. The predicted octanol–water partition coefficient (Wildman–Crippen LogP) is 1.72. The van der Waals surface area contributed by atoms with E-state index in [1.165, 1.54) is 0 Å². The van der Waals surface area contributed by atoms with E-state index in [9.17, 15) is 4.79 Å². The van der Waals surface area contributed by atoms with E-state index < -0.39 is 0 Å². The van der Waals surface area contributed by atoms with Crippen LogP contribution in [0.3, 0.4) is 0 Å². The molecule has 2 rings (SSSR count). The third-order valence-electron chi connectivity index (χ3n) is 2.78. The number of carbonyl (C=O) groups excluding carboxylic acids is 1. The average Bonchev–Trinajstić information content (AvgIpc) is 2.49. The zero-order valence-electron chi connectivity index (χ0n) is 9.74. The van der Waals surface area contributed by atoms with Gasteiger partial charge in [-0.25, -0.2) is 0 Å². The second kappa shape index (κ2) is 5.68. The SMILES string of the molecule is O=C1CCOc2ccc(CCCCO)cc2N1. The van der Waals surface area contributed by atoms with Gasteiger partial charge in [0.1, 0.15) is 5.75 Å². The molecule has 0 fully saturated rings. The van der Waals surface area contributed by atoms with E-state index >= 15 is 0 Å². The molecule has 0 atom stereocenters. The summed E-state index contributed by atoms with van der Waals surface area (Å²) in [5.41, 5.74) is 1.91. The minimum atomic E-state index is -0.00346. The fourth-order valence-corrected chi connectivity index (χ4v) is 1.86. The van der Waals surface area contributed by atoms with Crippen LogP contribution in [-0.2, 0) is 11.2 Å². The zero-order valence-corrected chi connectivity index (χ0v) is 9.74. The first kappa shape index (κ1) is 11.9. The molecule has 1 aromatic rings. The van der Waals surface area contributed by atoms with E-state index in [1.54, 1.807) is 0 Å². The lowest BCUT2D eigenvalue weighted by Crippen LogP contribution is -2.10. The Hall–Kier alpha value is -1.55. The van der Waals surface area contributed by atoms with Gasteiger partial charge in [0.25, 0.3) is 0 Å². The molecule has 0 aliphatic carbocycles. The molecular weight excluding hydrogens is 218 g/mol. The number of amides is 1. The Balaban J connectivity index is 2.09. The monoisotopic (exact) mass is 235 g/mol. The molecule has 1 aliphatic heterocycles. The number of aliphatic hydroxyl groups is 1. The lowest BCUT2D eigenvalue weighted by Gasteiger charge is -2.09. The van der Waals surface area contributed by atoms with E-state index in [0.29, 0.717) is 13.0 Å². The summed E-state index contributed by atoms with van der Waals surface area (Å²) < 4.78 is 5.48. The minimum Gasteiger partial charge on any atom is -0.491 e. The molecule has 0 unspecified atom stereocenters. The van der Waals surface area contributed by atoms with Gasteiger partial charge in [0, 0.05) is 6.61 Å². The van der Waals surface area contributed by atoms with Crippen molar-refractivity contribution in [1.29, 1.82) is 0 Å². The van der Waals surface area contributed by atoms with Crippen molar-refractivity contribution >= 4 is 11.6 Å². The van der Waals surface area contributed by atoms with Crippen molar-refractivity contribution in [3.63, 3.8) is 0 Å². The Kier molecular flexibility index (Phi) is 3.98. The third kappa shape index (κ3) is 3.20. The third-order valence-corrected chi connectivity index (χ3v) is 2.78. The van der Waals surface area contributed by atoms with Crippen LogP contribution in [0.15, 0.2) is 18.2 Å². The van der Waals surface area contributed by atoms with Gasteiger partial charge >= 0.3 is 0 Å². The number of hydrogen-bond donors (Lipinski definition) is 2. The highest BCUT2D eigenvalue weighted by Crippen LogP contribution is 2.28. The Morgan fingerprint density at radius 3 is 3.06 bits per heavy atom. The first-order valence-electron chi connectivity index (χ1n) is 5.96. The smallest absolute Gasteiger partial charge is 0.227 e. The van der Waals surface area contributed by atoms with Crippen LogP contribution in [0, 0.1) is 0 Å². The number of aryl methyl sites for hydroxylation is 1. The minimum absolute atomic E-state index is 0.00346. The van der Waals surface area contributed by atoms with Gasteiger partial charge in [0.05, 0.1) is 18.7 Å². The van der Waals surface area contributed by atoms with Gasteiger partial charge in [-0.1, -0.05) is 6.07 Å². The average molecular weight is 235 g/mol. The number of aliphatic hydroxyl groups excluding tert-OH is 1. The Morgan fingerprint density at radius 2 is 2.24 bits per heavy atom. The predicted molar refractivity (Wildman–Crippen MR) is 65.2 cm³/mol. The highest BCUT2D eigenvalue weighted by atomic mass is 16.5. The quantitative estimate of drug-likeness (QED) is 0.781. The number of benzene rings is 1. The van der Waals surface area contributed by atoms with Gasteiger partial charge in [0.2, 0.25) is 5.91 Å². The van der Waals surface area contributed by atoms with Gasteiger partial charge in [-0.2, -0.15) is 0 Å². The van der Waals surface area contributed by atoms with Gasteiger partial charge in [-0.3, -0.25) is 4.79 Å². The van der Waals surface area contributed by atoms with Crippen LogP contribution >= 0.6 is 0 Å². The number of hydrogen-bond acceptors (Lipinski definition) is 3. The lowest BCUT2D eigenvalue weighted by atomic mass is 10.1. The molecule has 1 heterocycles. The molecule has 0 aromatic heterocycles. The molecule has 1 aliphatic rings. The summed E-state index contributed by atoms with van der Waals surface area (Å²) in [4.78, 5) is 11.4. The van der Waals surface area contributed by atoms with E-state index in [0.717, 1.165) is 36.3 Å². The summed E-state index contributed by atoms with van der Waals surface area (Å²) in [5.74, 6) is 0.734. The molecule has 0 bridgehead atoms. The highest BCUT2D eigenvalue weighted by Gasteiger charge is 2.13. The van der Waals surface area contributed by atoms with Crippen LogP contribution < -0.4 is 10.1 Å². The molecule has 2 N–H and O–H groups in total. The van der Waals surface area contributed by atoms with E-state index in [-0.39, 0.29) is 12.5 Å². The van der Waals surface area contributed by atoms with Crippen molar-refractivity contribution in [2.24, 2.45) is 0 Å². The summed E-state index contributed by atoms with van der Waals surface area (Å²) in [7, 11) is 0. The second-order valence-electron chi connectivity index (χ2n) is 4.16. The molecular formula is C13H17NO3. The Morgan fingerprint density at radius 1 is 1.35 bits per heavy atom. The van der Waals surface area contributed by atoms with Gasteiger partial charge in [-0.05, 0) is 37.0 Å². The van der Waals surface area contributed by atoms with Crippen molar-refractivity contribution in [3.8, 4) is 5.75 Å². The van der Waals surface area contributed by atoms with Crippen LogP contribution in [0.1, 0.15) is 24.8 Å². The van der Waals surface area contributed by atoms with Crippen molar-refractivity contribution in [2.45, 2.75) is 25.7 Å². The summed E-state index contributed by atoms with van der Waals surface area (Å²) >= 11 is 0. The van der Waals surface area contributed by atoms with Crippen LogP contribution in [0.5, 0.6) is 5.75 Å². The fraction of sp³-hybridized carbons (Fsp3) is 0.462. The molecule has 0 radical (unpaired) electrons. The fourth-order valence-electron chi connectivity index (χ4n) is 1.86. The Labute approximate surface area is 101 Å². The van der Waals surface area contributed by atoms with E-state index in [4.69, 9.17) is 9.84 Å². The number of nitrogens with one attached hydrogen (secondary N) is 1. The molecule has 0 saturated heterocycles. The number of anilines is 1. The number of unbranched alkanes of at least 4 members (excludes halogenated alkanes) is 1. The van der Waals surface area contributed by atoms with Crippen LogP contribution in [-0.4, -0.2) is 24.2 Å². The lowest BCUT2D eigenvalue weighted by molar-refractivity contribution is -0.116. The van der Waals surface area contributed by atoms with Crippen molar-refractivity contribution in [2.75, 3.05) is 18.5 Å². The van der Waals surface area contributed by atoms with Crippen LogP contribution in [0.4, 0.5) is 5.69 Å². The first-order chi connectivity index (χ1) is 8.29. The highest BCUT2D eigenvalue weighted by molar-refractivity contribution is 5.93. The summed E-state index contributed by atoms with van der Waals surface area (Å²) in [6.07, 6.45) is 3.06. The standard InChI is InChI=1S/C13H17NO3/c15-7-2-1-3-10-4-5-12-11(9-10)14-13(16)6-8-17-12/h4-5,9,15H,1-3,6-8H2,(H,14,16). The molecule has 0 saturated carbocycles. The van der Waals surface area contributed by atoms with Crippen LogP contribution in [0.2, 0.25) is 0 Å². The molecule has 4 heteroatoms. The summed E-state index contributed by atoms with van der Waals surface area (Å²) in [5, 5.41) is 11.6. The first-order valence-corrected chi connectivity index (χ1v) is 5.96.